The van der Waals surface area contributed by atoms with Gasteiger partial charge in [-0.15, -0.1) is 0 Å². The zero-order chi connectivity index (χ0) is 24.9. The molecule has 4 heteroatoms. The topological polar surface area (TPSA) is 35.5 Å². The molecule has 0 aromatic heterocycles. The van der Waals surface area contributed by atoms with Gasteiger partial charge in [-0.2, -0.15) is 0 Å². The molecular formula is C31H32O3Si. The summed E-state index contributed by atoms with van der Waals surface area (Å²) in [5.41, 5.74) is 2.68. The number of benzene rings is 4. The van der Waals surface area contributed by atoms with Crippen molar-refractivity contribution in [2.24, 2.45) is 0 Å². The Morgan fingerprint density at radius 2 is 1.23 bits per heavy atom. The van der Waals surface area contributed by atoms with Gasteiger partial charge in [-0.05, 0) is 52.2 Å². The van der Waals surface area contributed by atoms with E-state index >= 15 is 0 Å². The average molecular weight is 481 g/mol. The fourth-order valence-electron chi connectivity index (χ4n) is 4.46. The van der Waals surface area contributed by atoms with Crippen molar-refractivity contribution in [1.29, 1.82) is 0 Å². The third-order valence-corrected chi connectivity index (χ3v) is 11.3. The molecule has 0 aliphatic heterocycles. The predicted octanol–water partition coefficient (Wildman–Crippen LogP) is 6.29. The van der Waals surface area contributed by atoms with E-state index in [1.54, 1.807) is 12.1 Å². The summed E-state index contributed by atoms with van der Waals surface area (Å²) < 4.78 is 12.5. The first-order chi connectivity index (χ1) is 16.8. The van der Waals surface area contributed by atoms with Crippen molar-refractivity contribution >= 4 is 24.7 Å². The maximum absolute atomic E-state index is 12.5. The Balaban J connectivity index is 1.56. The van der Waals surface area contributed by atoms with Gasteiger partial charge in [-0.3, -0.25) is 0 Å². The Kier molecular flexibility index (Phi) is 7.34. The van der Waals surface area contributed by atoms with Crippen molar-refractivity contribution in [2.45, 2.75) is 39.3 Å². The lowest BCUT2D eigenvalue weighted by Gasteiger charge is -2.43. The monoisotopic (exact) mass is 480 g/mol. The van der Waals surface area contributed by atoms with Crippen LogP contribution in [0.3, 0.4) is 0 Å². The van der Waals surface area contributed by atoms with Gasteiger partial charge in [0.1, 0.15) is 5.75 Å². The zero-order valence-electron chi connectivity index (χ0n) is 20.8. The smallest absolute Gasteiger partial charge is 0.343 e. The third-order valence-electron chi connectivity index (χ3n) is 6.29. The second-order valence-corrected chi connectivity index (χ2v) is 14.2. The summed E-state index contributed by atoms with van der Waals surface area (Å²) in [6.45, 7) is 9.27. The van der Waals surface area contributed by atoms with E-state index in [2.05, 4.69) is 69.3 Å². The molecule has 0 heterocycles. The van der Waals surface area contributed by atoms with E-state index in [1.165, 1.54) is 10.4 Å². The van der Waals surface area contributed by atoms with Gasteiger partial charge in [0, 0.05) is 0 Å². The SMILES string of the molecule is Cc1ccc(C(=O)Oc2ccc(CO[Si](c3ccccc3)(c3ccccc3)C(C)(C)C)cc2)cc1. The largest absolute Gasteiger partial charge is 0.423 e. The van der Waals surface area contributed by atoms with Gasteiger partial charge in [0.2, 0.25) is 0 Å². The van der Waals surface area contributed by atoms with Gasteiger partial charge in [-0.25, -0.2) is 4.79 Å². The highest BCUT2D eigenvalue weighted by Gasteiger charge is 2.50. The second kappa shape index (κ2) is 10.4. The lowest BCUT2D eigenvalue weighted by atomic mass is 10.1. The summed E-state index contributed by atoms with van der Waals surface area (Å²) in [4.78, 5) is 12.5. The predicted molar refractivity (Wildman–Crippen MR) is 145 cm³/mol. The van der Waals surface area contributed by atoms with E-state index < -0.39 is 8.32 Å². The lowest BCUT2D eigenvalue weighted by molar-refractivity contribution is 0.0734. The minimum atomic E-state index is -2.61. The lowest BCUT2D eigenvalue weighted by Crippen LogP contribution is -2.66. The van der Waals surface area contributed by atoms with Crippen LogP contribution in [0.15, 0.2) is 109 Å². The standard InChI is InChI=1S/C31H32O3Si/c1-24-15-19-26(20-16-24)30(32)34-27-21-17-25(18-22-27)23-33-35(31(2,3)4,28-11-7-5-8-12-28)29-13-9-6-10-14-29/h5-22H,23H2,1-4H3. The van der Waals surface area contributed by atoms with Crippen LogP contribution in [0.1, 0.15) is 42.3 Å². The average Bonchev–Trinajstić information content (AvgIpc) is 2.86. The van der Waals surface area contributed by atoms with Gasteiger partial charge < -0.3 is 9.16 Å². The van der Waals surface area contributed by atoms with Crippen LogP contribution in [0.5, 0.6) is 5.75 Å². The number of hydrogen-bond donors (Lipinski definition) is 0. The van der Waals surface area contributed by atoms with E-state index in [1.807, 2.05) is 55.5 Å². The van der Waals surface area contributed by atoms with E-state index in [9.17, 15) is 4.79 Å². The Bertz CT molecular complexity index is 1200. The maximum Gasteiger partial charge on any atom is 0.343 e. The zero-order valence-corrected chi connectivity index (χ0v) is 21.8. The normalized spacial score (nSPS) is 11.8. The summed E-state index contributed by atoms with van der Waals surface area (Å²) >= 11 is 0. The van der Waals surface area contributed by atoms with Crippen molar-refractivity contribution in [3.8, 4) is 5.75 Å². The first-order valence-electron chi connectivity index (χ1n) is 11.9. The molecule has 0 fully saturated rings. The van der Waals surface area contributed by atoms with Gasteiger partial charge in [0.05, 0.1) is 12.2 Å². The van der Waals surface area contributed by atoms with E-state index in [0.29, 0.717) is 17.9 Å². The summed E-state index contributed by atoms with van der Waals surface area (Å²) in [7, 11) is -2.61. The number of ether oxygens (including phenoxy) is 1. The molecule has 0 aliphatic carbocycles. The molecule has 0 radical (unpaired) electrons. The fraction of sp³-hybridized carbons (Fsp3) is 0.194. The molecule has 0 bridgehead atoms. The summed E-state index contributed by atoms with van der Waals surface area (Å²) in [6, 6.07) is 36.2. The number of carbonyl (C=O) groups is 1. The molecule has 0 unspecified atom stereocenters. The Morgan fingerprint density at radius 1 is 0.714 bits per heavy atom. The van der Waals surface area contributed by atoms with Crippen LogP contribution in [-0.4, -0.2) is 14.3 Å². The highest BCUT2D eigenvalue weighted by molar-refractivity contribution is 6.99. The number of hydrogen-bond acceptors (Lipinski definition) is 3. The van der Waals surface area contributed by atoms with Crippen LogP contribution < -0.4 is 15.1 Å². The first kappa shape index (κ1) is 24.6. The van der Waals surface area contributed by atoms with Crippen molar-refractivity contribution < 1.29 is 14.0 Å². The van der Waals surface area contributed by atoms with Crippen LogP contribution in [0.25, 0.3) is 0 Å². The summed E-state index contributed by atoms with van der Waals surface area (Å²) in [6.07, 6.45) is 0. The Morgan fingerprint density at radius 3 is 1.71 bits per heavy atom. The molecule has 0 spiro atoms. The van der Waals surface area contributed by atoms with Crippen molar-refractivity contribution in [3.05, 3.63) is 126 Å². The summed E-state index contributed by atoms with van der Waals surface area (Å²) in [5, 5.41) is 2.42. The molecule has 0 saturated heterocycles. The molecule has 0 N–H and O–H groups in total. The summed E-state index contributed by atoms with van der Waals surface area (Å²) in [5.74, 6) is 0.158. The van der Waals surface area contributed by atoms with Crippen molar-refractivity contribution in [1.82, 2.24) is 0 Å². The van der Waals surface area contributed by atoms with E-state index in [-0.39, 0.29) is 11.0 Å². The molecule has 0 atom stereocenters. The molecule has 3 nitrogen and oxygen atoms in total. The van der Waals surface area contributed by atoms with Crippen LogP contribution in [0.4, 0.5) is 0 Å². The van der Waals surface area contributed by atoms with Gasteiger partial charge in [0.25, 0.3) is 8.32 Å². The quantitative estimate of drug-likeness (QED) is 0.177. The van der Waals surface area contributed by atoms with Crippen LogP contribution in [0, 0.1) is 6.92 Å². The van der Waals surface area contributed by atoms with Crippen LogP contribution in [0.2, 0.25) is 5.04 Å². The fourth-order valence-corrected chi connectivity index (χ4v) is 9.00. The minimum absolute atomic E-state index is 0.0841. The van der Waals surface area contributed by atoms with Crippen LogP contribution in [-0.2, 0) is 11.0 Å². The maximum atomic E-state index is 12.5. The van der Waals surface area contributed by atoms with Gasteiger partial charge in [-0.1, -0.05) is 111 Å². The highest BCUT2D eigenvalue weighted by Crippen LogP contribution is 2.37. The number of rotatable bonds is 7. The number of aryl methyl sites for hydroxylation is 1. The molecule has 4 aromatic carbocycles. The Hall–Kier alpha value is -3.47. The molecule has 4 aromatic rings. The van der Waals surface area contributed by atoms with E-state index in [0.717, 1.165) is 11.1 Å². The van der Waals surface area contributed by atoms with Gasteiger partial charge in [0.15, 0.2) is 0 Å². The van der Waals surface area contributed by atoms with E-state index in [4.69, 9.17) is 9.16 Å². The molecule has 35 heavy (non-hydrogen) atoms. The number of carbonyl (C=O) groups excluding carboxylic acids is 1. The van der Waals surface area contributed by atoms with Gasteiger partial charge >= 0.3 is 5.97 Å². The highest BCUT2D eigenvalue weighted by atomic mass is 28.4. The van der Waals surface area contributed by atoms with Crippen molar-refractivity contribution in [3.63, 3.8) is 0 Å². The molecular weight excluding hydrogens is 448 g/mol. The second-order valence-electron chi connectivity index (χ2n) is 9.85. The van der Waals surface area contributed by atoms with Crippen molar-refractivity contribution in [2.75, 3.05) is 0 Å². The molecule has 0 amide bonds. The molecule has 0 saturated carbocycles. The molecule has 178 valence electrons. The number of esters is 1. The van der Waals surface area contributed by atoms with Crippen LogP contribution >= 0.6 is 0 Å². The Labute approximate surface area is 209 Å². The third kappa shape index (κ3) is 5.45. The minimum Gasteiger partial charge on any atom is -0.423 e. The molecule has 4 rings (SSSR count). The molecule has 0 aliphatic rings. The first-order valence-corrected chi connectivity index (χ1v) is 13.8.